The van der Waals surface area contributed by atoms with Gasteiger partial charge in [0, 0.05) is 12.6 Å². The Labute approximate surface area is 113 Å². The van der Waals surface area contributed by atoms with Crippen molar-refractivity contribution in [3.8, 4) is 6.07 Å². The summed E-state index contributed by atoms with van der Waals surface area (Å²) in [7, 11) is -3.56. The Morgan fingerprint density at radius 1 is 1.44 bits per heavy atom. The maximum Gasteiger partial charge on any atom is 0.243 e. The van der Waals surface area contributed by atoms with Crippen LogP contribution >= 0.6 is 11.6 Å². The minimum Gasteiger partial charge on any atom is -0.207 e. The van der Waals surface area contributed by atoms with Gasteiger partial charge in [0.25, 0.3) is 0 Å². The number of hydrogen-bond acceptors (Lipinski definition) is 3. The van der Waals surface area contributed by atoms with E-state index in [1.54, 1.807) is 6.92 Å². The van der Waals surface area contributed by atoms with E-state index in [9.17, 15) is 8.42 Å². The number of nitrogens with zero attached hydrogens (tertiary/aromatic N) is 2. The van der Waals surface area contributed by atoms with Gasteiger partial charge in [-0.25, -0.2) is 8.42 Å². The quantitative estimate of drug-likeness (QED) is 0.855. The summed E-state index contributed by atoms with van der Waals surface area (Å²) in [6.45, 7) is 5.79. The van der Waals surface area contributed by atoms with Crippen LogP contribution in [0.3, 0.4) is 0 Å². The molecule has 98 valence electrons. The average Bonchev–Trinajstić information content (AvgIpc) is 2.28. The third-order valence-corrected chi connectivity index (χ3v) is 5.01. The van der Waals surface area contributed by atoms with E-state index >= 15 is 0 Å². The first-order chi connectivity index (χ1) is 8.34. The molecule has 0 aliphatic rings. The Morgan fingerprint density at radius 3 is 2.44 bits per heavy atom. The van der Waals surface area contributed by atoms with E-state index in [-0.39, 0.29) is 21.5 Å². The summed E-state index contributed by atoms with van der Waals surface area (Å²) in [5, 5.41) is 8.91. The van der Waals surface area contributed by atoms with Gasteiger partial charge in [0.2, 0.25) is 10.0 Å². The van der Waals surface area contributed by atoms with Gasteiger partial charge in [0.05, 0.1) is 15.5 Å². The maximum absolute atomic E-state index is 12.3. The highest BCUT2D eigenvalue weighted by Crippen LogP contribution is 2.23. The van der Waals surface area contributed by atoms with Crippen molar-refractivity contribution in [2.45, 2.75) is 31.7 Å². The second-order valence-electron chi connectivity index (χ2n) is 4.06. The van der Waals surface area contributed by atoms with E-state index in [1.807, 2.05) is 19.9 Å². The molecule has 0 bridgehead atoms. The van der Waals surface area contributed by atoms with Gasteiger partial charge >= 0.3 is 0 Å². The van der Waals surface area contributed by atoms with Gasteiger partial charge in [-0.1, -0.05) is 18.5 Å². The van der Waals surface area contributed by atoms with Crippen molar-refractivity contribution in [2.24, 2.45) is 0 Å². The first-order valence-corrected chi connectivity index (χ1v) is 7.37. The molecular formula is C12H15ClN2O2S. The lowest BCUT2D eigenvalue weighted by Crippen LogP contribution is -2.36. The van der Waals surface area contributed by atoms with Crippen LogP contribution in [0.15, 0.2) is 23.1 Å². The minimum absolute atomic E-state index is 0.113. The topological polar surface area (TPSA) is 61.2 Å². The second kappa shape index (κ2) is 5.70. The molecule has 1 rings (SSSR count). The van der Waals surface area contributed by atoms with Gasteiger partial charge < -0.3 is 0 Å². The Morgan fingerprint density at radius 2 is 2.06 bits per heavy atom. The number of nitriles is 1. The lowest BCUT2D eigenvalue weighted by molar-refractivity contribution is 0.369. The van der Waals surface area contributed by atoms with Crippen LogP contribution in [0.2, 0.25) is 5.02 Å². The number of benzene rings is 1. The molecule has 0 aliphatic heterocycles. The third-order valence-electron chi connectivity index (χ3n) is 2.56. The van der Waals surface area contributed by atoms with E-state index < -0.39 is 10.0 Å². The Bertz CT molecular complexity index is 576. The molecule has 0 heterocycles. The zero-order chi connectivity index (χ0) is 13.9. The summed E-state index contributed by atoms with van der Waals surface area (Å²) in [6, 6.07) is 5.92. The van der Waals surface area contributed by atoms with Crippen molar-refractivity contribution >= 4 is 21.6 Å². The van der Waals surface area contributed by atoms with Gasteiger partial charge in [0.15, 0.2) is 0 Å². The van der Waals surface area contributed by atoms with Crippen molar-refractivity contribution in [1.82, 2.24) is 4.31 Å². The Balaban J connectivity index is 3.30. The minimum atomic E-state index is -3.56. The van der Waals surface area contributed by atoms with Crippen LogP contribution in [-0.2, 0) is 10.0 Å². The first kappa shape index (κ1) is 15.0. The number of sulfonamides is 1. The van der Waals surface area contributed by atoms with Gasteiger partial charge in [-0.05, 0) is 32.0 Å². The largest absolute Gasteiger partial charge is 0.243 e. The fourth-order valence-corrected chi connectivity index (χ4v) is 3.66. The summed E-state index contributed by atoms with van der Waals surface area (Å²) in [4.78, 5) is 0.113. The van der Waals surface area contributed by atoms with Crippen molar-refractivity contribution < 1.29 is 8.42 Å². The van der Waals surface area contributed by atoms with Gasteiger partial charge in [-0.3, -0.25) is 0 Å². The SMILES string of the molecule is CCN(C(C)C)S(=O)(=O)c1ccc(C#N)c(Cl)c1. The van der Waals surface area contributed by atoms with Crippen LogP contribution in [0, 0.1) is 11.3 Å². The average molecular weight is 287 g/mol. The fraction of sp³-hybridized carbons (Fsp3) is 0.417. The Hall–Kier alpha value is -1.09. The highest BCUT2D eigenvalue weighted by atomic mass is 35.5. The number of hydrogen-bond donors (Lipinski definition) is 0. The Kier molecular flexibility index (Phi) is 4.74. The molecular weight excluding hydrogens is 272 g/mol. The number of halogens is 1. The molecule has 0 aliphatic carbocycles. The standard InChI is InChI=1S/C12H15ClN2O2S/c1-4-15(9(2)3)18(16,17)11-6-5-10(8-14)12(13)7-11/h5-7,9H,4H2,1-3H3. The van der Waals surface area contributed by atoms with Crippen LogP contribution in [0.1, 0.15) is 26.3 Å². The van der Waals surface area contributed by atoms with Crippen LogP contribution in [0.5, 0.6) is 0 Å². The molecule has 0 atom stereocenters. The lowest BCUT2D eigenvalue weighted by atomic mass is 10.2. The molecule has 0 N–H and O–H groups in total. The van der Waals surface area contributed by atoms with E-state index in [1.165, 1.54) is 22.5 Å². The molecule has 18 heavy (non-hydrogen) atoms. The third kappa shape index (κ3) is 2.83. The predicted octanol–water partition coefficient (Wildman–Crippen LogP) is 2.63. The zero-order valence-electron chi connectivity index (χ0n) is 10.5. The van der Waals surface area contributed by atoms with Gasteiger partial charge in [0.1, 0.15) is 6.07 Å². The lowest BCUT2D eigenvalue weighted by Gasteiger charge is -2.24. The molecule has 0 aromatic heterocycles. The first-order valence-electron chi connectivity index (χ1n) is 5.56. The molecule has 0 amide bonds. The van der Waals surface area contributed by atoms with Crippen molar-refractivity contribution in [2.75, 3.05) is 6.54 Å². The monoisotopic (exact) mass is 286 g/mol. The van der Waals surface area contributed by atoms with Crippen LogP contribution in [0.4, 0.5) is 0 Å². The molecule has 6 heteroatoms. The van der Waals surface area contributed by atoms with E-state index in [0.29, 0.717) is 6.54 Å². The maximum atomic E-state index is 12.3. The molecule has 0 fully saturated rings. The zero-order valence-corrected chi connectivity index (χ0v) is 12.1. The molecule has 4 nitrogen and oxygen atoms in total. The summed E-state index contributed by atoms with van der Waals surface area (Å²) in [5.41, 5.74) is 0.267. The summed E-state index contributed by atoms with van der Waals surface area (Å²) >= 11 is 5.86. The van der Waals surface area contributed by atoms with E-state index in [4.69, 9.17) is 16.9 Å². The second-order valence-corrected chi connectivity index (χ2v) is 6.35. The molecule has 0 radical (unpaired) electrons. The highest BCUT2D eigenvalue weighted by Gasteiger charge is 2.25. The molecule has 1 aromatic carbocycles. The van der Waals surface area contributed by atoms with Gasteiger partial charge in [-0.2, -0.15) is 9.57 Å². The van der Waals surface area contributed by atoms with Crippen LogP contribution < -0.4 is 0 Å². The summed E-state index contributed by atoms with van der Waals surface area (Å²) in [5.74, 6) is 0. The smallest absolute Gasteiger partial charge is 0.207 e. The summed E-state index contributed by atoms with van der Waals surface area (Å²) in [6.07, 6.45) is 0. The molecule has 0 spiro atoms. The van der Waals surface area contributed by atoms with Gasteiger partial charge in [-0.15, -0.1) is 0 Å². The van der Waals surface area contributed by atoms with Crippen LogP contribution in [0.25, 0.3) is 0 Å². The fourth-order valence-electron chi connectivity index (χ4n) is 1.70. The van der Waals surface area contributed by atoms with E-state index in [0.717, 1.165) is 0 Å². The highest BCUT2D eigenvalue weighted by molar-refractivity contribution is 7.89. The summed E-state index contributed by atoms with van der Waals surface area (Å²) < 4.78 is 26.1. The number of rotatable bonds is 4. The molecule has 0 unspecified atom stereocenters. The molecule has 0 saturated carbocycles. The molecule has 1 aromatic rings. The van der Waals surface area contributed by atoms with E-state index in [2.05, 4.69) is 0 Å². The van der Waals surface area contributed by atoms with Crippen molar-refractivity contribution in [3.63, 3.8) is 0 Å². The predicted molar refractivity (Wildman–Crippen MR) is 70.9 cm³/mol. The van der Waals surface area contributed by atoms with Crippen LogP contribution in [-0.4, -0.2) is 25.3 Å². The molecule has 0 saturated heterocycles. The van der Waals surface area contributed by atoms with Crippen molar-refractivity contribution in [3.05, 3.63) is 28.8 Å². The normalized spacial score (nSPS) is 11.8. The van der Waals surface area contributed by atoms with Crippen molar-refractivity contribution in [1.29, 1.82) is 5.26 Å².